The molecule has 0 atom stereocenters. The van der Waals surface area contributed by atoms with Gasteiger partial charge < -0.3 is 0 Å². The molecule has 11 heavy (non-hydrogen) atoms. The van der Waals surface area contributed by atoms with Crippen LogP contribution in [0.25, 0.3) is 0 Å². The number of aryl methyl sites for hydroxylation is 1. The Morgan fingerprint density at radius 2 is 2.36 bits per heavy atom. The minimum atomic E-state index is -0.0907. The molecule has 1 aromatic heterocycles. The summed E-state index contributed by atoms with van der Waals surface area (Å²) in [5, 5.41) is 3.90. The van der Waals surface area contributed by atoms with Gasteiger partial charge in [0.15, 0.2) is 0 Å². The Labute approximate surface area is 73.9 Å². The van der Waals surface area contributed by atoms with E-state index >= 15 is 0 Å². The molecule has 0 fully saturated rings. The molecule has 0 saturated carbocycles. The van der Waals surface area contributed by atoms with Crippen molar-refractivity contribution < 1.29 is 23.0 Å². The number of hydrogen-bond acceptors (Lipinski definition) is 3. The molecule has 1 rings (SSSR count). The average Bonchev–Trinajstić information content (AvgIpc) is 1.97. The van der Waals surface area contributed by atoms with Gasteiger partial charge in [0.1, 0.15) is 0 Å². The van der Waals surface area contributed by atoms with Gasteiger partial charge in [-0.05, 0) is 0 Å². The van der Waals surface area contributed by atoms with Gasteiger partial charge in [0.05, 0.1) is 0 Å². The third-order valence-electron chi connectivity index (χ3n) is 1.33. The summed E-state index contributed by atoms with van der Waals surface area (Å²) >= 11 is 0.881. The van der Waals surface area contributed by atoms with Crippen LogP contribution in [0.2, 0.25) is 0 Å². The van der Waals surface area contributed by atoms with E-state index in [-0.39, 0.29) is 5.56 Å². The van der Waals surface area contributed by atoms with Crippen LogP contribution in [0.15, 0.2) is 10.9 Å². The van der Waals surface area contributed by atoms with E-state index in [1.54, 1.807) is 20.2 Å². The summed E-state index contributed by atoms with van der Waals surface area (Å²) in [5.41, 5.74) is -0.0907. The van der Waals surface area contributed by atoms with E-state index in [9.17, 15) is 4.79 Å². The van der Waals surface area contributed by atoms with Crippen molar-refractivity contribution in [1.29, 1.82) is 0 Å². The second-order valence-electron chi connectivity index (χ2n) is 2.14. The molecule has 0 radical (unpaired) electrons. The topological polar surface area (TPSA) is 44.1 Å². The van der Waals surface area contributed by atoms with Crippen molar-refractivity contribution >= 4 is 4.16 Å². The van der Waals surface area contributed by atoms with Gasteiger partial charge in [-0.1, -0.05) is 0 Å². The third-order valence-corrected chi connectivity index (χ3v) is 2.39. The molecule has 5 heteroatoms. The van der Waals surface area contributed by atoms with E-state index in [0.29, 0.717) is 5.88 Å². The van der Waals surface area contributed by atoms with Crippen LogP contribution in [0.5, 0.6) is 5.88 Å². The van der Waals surface area contributed by atoms with E-state index in [1.807, 2.05) is 0 Å². The molecule has 0 saturated heterocycles. The van der Waals surface area contributed by atoms with Crippen LogP contribution >= 0.6 is 0 Å². The van der Waals surface area contributed by atoms with Crippen LogP contribution in [0, 0.1) is 0 Å². The van der Waals surface area contributed by atoms with Gasteiger partial charge >= 0.3 is 73.4 Å². The molecule has 1 aromatic rings. The van der Waals surface area contributed by atoms with Crippen LogP contribution in [-0.2, 0) is 25.3 Å². The van der Waals surface area contributed by atoms with Gasteiger partial charge in [-0.25, -0.2) is 0 Å². The van der Waals surface area contributed by atoms with E-state index in [2.05, 4.69) is 5.10 Å². The predicted octanol–water partition coefficient (Wildman–Crippen LogP) is -1.04. The Kier molecular flexibility index (Phi) is 2.39. The standard InChI is InChI=1S/C6H7N2O2.Zn/c1-8-6(9)4-3-5(7-8)10-2;/h4H,1-2H3;. The van der Waals surface area contributed by atoms with Crippen LogP contribution in [0.4, 0.5) is 0 Å². The predicted molar refractivity (Wildman–Crippen MR) is 35.7 cm³/mol. The van der Waals surface area contributed by atoms with Gasteiger partial charge in [-0.2, -0.15) is 0 Å². The minimum absolute atomic E-state index is 0.0907. The maximum absolute atomic E-state index is 11.0. The van der Waals surface area contributed by atoms with E-state index in [1.165, 1.54) is 4.68 Å². The summed E-state index contributed by atoms with van der Waals surface area (Å²) in [7, 11) is 3.15. The van der Waals surface area contributed by atoms with E-state index in [0.717, 1.165) is 22.5 Å². The van der Waals surface area contributed by atoms with Crippen molar-refractivity contribution in [3.8, 4) is 5.88 Å². The molecule has 0 aliphatic rings. The first kappa shape index (κ1) is 8.40. The van der Waals surface area contributed by atoms with Crippen molar-refractivity contribution in [2.45, 2.75) is 0 Å². The monoisotopic (exact) mass is 203 g/mol. The number of rotatable bonds is 1. The zero-order valence-corrected chi connectivity index (χ0v) is 9.46. The van der Waals surface area contributed by atoms with Gasteiger partial charge in [-0.15, -0.1) is 0 Å². The van der Waals surface area contributed by atoms with Gasteiger partial charge in [0.2, 0.25) is 0 Å². The van der Waals surface area contributed by atoms with E-state index < -0.39 is 0 Å². The third kappa shape index (κ3) is 1.66. The van der Waals surface area contributed by atoms with Gasteiger partial charge in [0, 0.05) is 0 Å². The summed E-state index contributed by atoms with van der Waals surface area (Å²) in [6.45, 7) is 0. The van der Waals surface area contributed by atoms with Crippen LogP contribution in [-0.4, -0.2) is 16.9 Å². The fourth-order valence-electron chi connectivity index (χ4n) is 0.726. The number of hydrogen-bond donors (Lipinski definition) is 0. The summed E-state index contributed by atoms with van der Waals surface area (Å²) in [6.07, 6.45) is 0. The second kappa shape index (κ2) is 3.14. The van der Waals surface area contributed by atoms with Crippen molar-refractivity contribution in [3.05, 3.63) is 16.4 Å². The zero-order chi connectivity index (χ0) is 8.43. The van der Waals surface area contributed by atoms with Crippen molar-refractivity contribution in [2.24, 2.45) is 7.05 Å². The second-order valence-corrected chi connectivity index (χ2v) is 3.74. The molecule has 0 unspecified atom stereocenters. The van der Waals surface area contributed by atoms with Crippen LogP contribution in [0.1, 0.15) is 0 Å². The first-order chi connectivity index (χ1) is 5.15. The molecule has 0 bridgehead atoms. The molecule has 0 aliphatic heterocycles. The summed E-state index contributed by atoms with van der Waals surface area (Å²) in [4.78, 5) is 11.0. The van der Waals surface area contributed by atoms with Gasteiger partial charge in [-0.3, -0.25) is 0 Å². The molecule has 0 N–H and O–H groups in total. The summed E-state index contributed by atoms with van der Waals surface area (Å²) in [5.74, 6) is 0.548. The summed E-state index contributed by atoms with van der Waals surface area (Å²) in [6, 6.07) is 1.55. The molecular formula is C6H7N2O2Zn. The Morgan fingerprint density at radius 3 is 2.91 bits per heavy atom. The van der Waals surface area contributed by atoms with Crippen LogP contribution in [0.3, 0.4) is 0 Å². The molecule has 55 valence electrons. The maximum atomic E-state index is 11.0. The van der Waals surface area contributed by atoms with Crippen LogP contribution < -0.4 is 14.5 Å². The normalized spacial score (nSPS) is 9.82. The van der Waals surface area contributed by atoms with Gasteiger partial charge in [0.25, 0.3) is 0 Å². The molecular weight excluding hydrogens is 197 g/mol. The van der Waals surface area contributed by atoms with Crippen molar-refractivity contribution in [1.82, 2.24) is 9.78 Å². The molecule has 4 nitrogen and oxygen atoms in total. The van der Waals surface area contributed by atoms with Crippen molar-refractivity contribution in [3.63, 3.8) is 0 Å². The number of methoxy groups -OCH3 is 1. The first-order valence-corrected chi connectivity index (χ1v) is 4.58. The number of nitrogens with zero attached hydrogens (tertiary/aromatic N) is 2. The average molecular weight is 205 g/mol. The quantitative estimate of drug-likeness (QED) is 0.549. The molecule has 0 spiro atoms. The molecule has 0 amide bonds. The SMILES string of the molecule is COc1nn(C)c(=O)c[c]1[Zn]. The zero-order valence-electron chi connectivity index (χ0n) is 6.50. The van der Waals surface area contributed by atoms with E-state index in [4.69, 9.17) is 4.74 Å². The Balaban J connectivity index is 3.32. The molecule has 0 aromatic carbocycles. The van der Waals surface area contributed by atoms with Crippen molar-refractivity contribution in [2.75, 3.05) is 7.11 Å². The first-order valence-electron chi connectivity index (χ1n) is 3.09. The fourth-order valence-corrected chi connectivity index (χ4v) is 1.54. The molecule has 1 heterocycles. The Morgan fingerprint density at radius 1 is 1.73 bits per heavy atom. The number of aromatic nitrogens is 2. The molecule has 0 aliphatic carbocycles. The fraction of sp³-hybridized carbons (Fsp3) is 0.333. The Hall–Kier alpha value is -0.697. The summed E-state index contributed by atoms with van der Waals surface area (Å²) < 4.78 is 7.09. The Bertz CT molecular complexity index is 321. The number of ether oxygens (including phenoxy) is 1.